The number of carbonyl (C=O) groups excluding carboxylic acids is 1. The lowest BCUT2D eigenvalue weighted by Gasteiger charge is -2.20. The van der Waals surface area contributed by atoms with E-state index >= 15 is 0 Å². The van der Waals surface area contributed by atoms with Crippen LogP contribution in [-0.4, -0.2) is 24.0 Å². The Balaban J connectivity index is 0.000000686. The van der Waals surface area contributed by atoms with Gasteiger partial charge in [-0.3, -0.25) is 9.69 Å². The van der Waals surface area contributed by atoms with E-state index in [1.165, 1.54) is 0 Å². The van der Waals surface area contributed by atoms with E-state index in [0.717, 1.165) is 6.42 Å². The molecule has 0 aromatic carbocycles. The van der Waals surface area contributed by atoms with Crippen LogP contribution in [0.1, 0.15) is 33.6 Å². The summed E-state index contributed by atoms with van der Waals surface area (Å²) in [6.45, 7) is 6.04. The predicted molar refractivity (Wildman–Crippen MR) is 68.3 cm³/mol. The van der Waals surface area contributed by atoms with Crippen molar-refractivity contribution in [1.29, 1.82) is 0 Å². The van der Waals surface area contributed by atoms with Crippen molar-refractivity contribution < 1.29 is 9.53 Å². The van der Waals surface area contributed by atoms with Gasteiger partial charge in [0.1, 0.15) is 11.6 Å². The molecule has 2 heterocycles. The van der Waals surface area contributed by atoms with Crippen LogP contribution in [0.25, 0.3) is 0 Å². The molecule has 0 N–H and O–H groups in total. The molecule has 1 aromatic heterocycles. The summed E-state index contributed by atoms with van der Waals surface area (Å²) in [7, 11) is 1.60. The number of pyridine rings is 1. The maximum Gasteiger partial charge on any atom is 0.228 e. The summed E-state index contributed by atoms with van der Waals surface area (Å²) in [6, 6.07) is 3.89. The van der Waals surface area contributed by atoms with Crippen LogP contribution in [0.15, 0.2) is 18.3 Å². The molecule has 0 bridgehead atoms. The average Bonchev–Trinajstić information content (AvgIpc) is 2.72. The predicted octanol–water partition coefficient (Wildman–Crippen LogP) is 2.63. The summed E-state index contributed by atoms with van der Waals surface area (Å²) in [4.78, 5) is 17.6. The van der Waals surface area contributed by atoms with Gasteiger partial charge in [-0.25, -0.2) is 4.98 Å². The van der Waals surface area contributed by atoms with Gasteiger partial charge < -0.3 is 4.74 Å². The lowest BCUT2D eigenvalue weighted by molar-refractivity contribution is -0.117. The van der Waals surface area contributed by atoms with Crippen molar-refractivity contribution in [1.82, 2.24) is 4.98 Å². The number of nitrogens with zero attached hydrogens (tertiary/aromatic N) is 2. The van der Waals surface area contributed by atoms with Gasteiger partial charge in [0.25, 0.3) is 0 Å². The van der Waals surface area contributed by atoms with Crippen LogP contribution in [0, 0.1) is 0 Å². The normalized spacial score (nSPS) is 18.7. The molecule has 1 unspecified atom stereocenters. The fourth-order valence-electron chi connectivity index (χ4n) is 1.82. The summed E-state index contributed by atoms with van der Waals surface area (Å²) in [6.07, 6.45) is 3.16. The Bertz CT molecular complexity index is 362. The number of hydrogen-bond acceptors (Lipinski definition) is 3. The molecule has 1 fully saturated rings. The van der Waals surface area contributed by atoms with E-state index < -0.39 is 0 Å². The molecule has 4 nitrogen and oxygen atoms in total. The van der Waals surface area contributed by atoms with Gasteiger partial charge in [-0.1, -0.05) is 13.8 Å². The minimum atomic E-state index is 0.153. The zero-order valence-corrected chi connectivity index (χ0v) is 10.9. The Morgan fingerprint density at radius 2 is 2.12 bits per heavy atom. The monoisotopic (exact) mass is 236 g/mol. The maximum absolute atomic E-state index is 11.6. The first-order valence-electron chi connectivity index (χ1n) is 6.04. The number of methoxy groups -OCH3 is 1. The molecule has 94 valence electrons. The Kier molecular flexibility index (Phi) is 4.94. The summed E-state index contributed by atoms with van der Waals surface area (Å²) in [5.41, 5.74) is 0. The summed E-state index contributed by atoms with van der Waals surface area (Å²) in [5.74, 6) is 1.57. The number of anilines is 1. The number of aromatic nitrogens is 1. The van der Waals surface area contributed by atoms with Gasteiger partial charge in [0.2, 0.25) is 5.91 Å². The second kappa shape index (κ2) is 6.23. The molecule has 0 radical (unpaired) electrons. The molecule has 1 aliphatic heterocycles. The third-order valence-corrected chi connectivity index (χ3v) is 2.69. The van der Waals surface area contributed by atoms with E-state index in [9.17, 15) is 4.79 Å². The first kappa shape index (κ1) is 13.5. The molecular weight excluding hydrogens is 216 g/mol. The first-order chi connectivity index (χ1) is 8.22. The number of ether oxygens (including phenoxy) is 1. The van der Waals surface area contributed by atoms with Gasteiger partial charge in [-0.15, -0.1) is 0 Å². The van der Waals surface area contributed by atoms with Crippen molar-refractivity contribution in [2.75, 3.05) is 12.0 Å². The van der Waals surface area contributed by atoms with Crippen LogP contribution < -0.4 is 9.64 Å². The third-order valence-electron chi connectivity index (χ3n) is 2.69. The van der Waals surface area contributed by atoms with Crippen LogP contribution in [0.4, 0.5) is 5.82 Å². The van der Waals surface area contributed by atoms with Crippen molar-refractivity contribution >= 4 is 11.7 Å². The van der Waals surface area contributed by atoms with Gasteiger partial charge in [-0.2, -0.15) is 0 Å². The average molecular weight is 236 g/mol. The molecule has 1 aromatic rings. The molecule has 1 amide bonds. The fourth-order valence-corrected chi connectivity index (χ4v) is 1.82. The topological polar surface area (TPSA) is 42.4 Å². The molecule has 4 heteroatoms. The van der Waals surface area contributed by atoms with Crippen LogP contribution in [0.2, 0.25) is 0 Å². The number of rotatable bonds is 2. The highest BCUT2D eigenvalue weighted by molar-refractivity contribution is 5.95. The molecule has 1 saturated heterocycles. The molecule has 0 spiro atoms. The van der Waals surface area contributed by atoms with E-state index in [0.29, 0.717) is 18.0 Å². The van der Waals surface area contributed by atoms with E-state index in [1.54, 1.807) is 18.2 Å². The van der Waals surface area contributed by atoms with E-state index in [2.05, 4.69) is 4.98 Å². The zero-order chi connectivity index (χ0) is 12.8. The van der Waals surface area contributed by atoms with E-state index in [-0.39, 0.29) is 11.9 Å². The molecule has 1 aliphatic rings. The highest BCUT2D eigenvalue weighted by Gasteiger charge is 2.29. The molecule has 0 aliphatic carbocycles. The number of hydrogen-bond donors (Lipinski definition) is 0. The Morgan fingerprint density at radius 1 is 1.41 bits per heavy atom. The highest BCUT2D eigenvalue weighted by atomic mass is 16.5. The largest absolute Gasteiger partial charge is 0.495 e. The van der Waals surface area contributed by atoms with E-state index in [4.69, 9.17) is 4.74 Å². The maximum atomic E-state index is 11.6. The van der Waals surface area contributed by atoms with Gasteiger partial charge >= 0.3 is 0 Å². The van der Waals surface area contributed by atoms with Crippen molar-refractivity contribution in [2.45, 2.75) is 39.7 Å². The summed E-state index contributed by atoms with van der Waals surface area (Å²) in [5, 5.41) is 0. The van der Waals surface area contributed by atoms with Crippen molar-refractivity contribution in [3.05, 3.63) is 18.3 Å². The minimum absolute atomic E-state index is 0.153. The van der Waals surface area contributed by atoms with Crippen LogP contribution in [0.3, 0.4) is 0 Å². The second-order valence-corrected chi connectivity index (χ2v) is 3.71. The molecule has 0 saturated carbocycles. The standard InChI is InChI=1S/C11H14N2O2.C2H6/c1-8-3-6-11(14)13(8)10-5-4-9(15-2)7-12-10;1-2/h4-5,7-8H,3,6H2,1-2H3;1-2H3. The Hall–Kier alpha value is -1.58. The molecular formula is C13H20N2O2. The smallest absolute Gasteiger partial charge is 0.228 e. The van der Waals surface area contributed by atoms with Gasteiger partial charge in [0.15, 0.2) is 0 Å². The third kappa shape index (κ3) is 2.96. The number of carbonyl (C=O) groups is 1. The lowest BCUT2D eigenvalue weighted by atomic mass is 10.2. The summed E-state index contributed by atoms with van der Waals surface area (Å²) < 4.78 is 5.02. The Labute approximate surface area is 103 Å². The van der Waals surface area contributed by atoms with Gasteiger partial charge in [-0.05, 0) is 25.5 Å². The van der Waals surface area contributed by atoms with Crippen LogP contribution in [0.5, 0.6) is 5.75 Å². The lowest BCUT2D eigenvalue weighted by Crippen LogP contribution is -2.31. The summed E-state index contributed by atoms with van der Waals surface area (Å²) >= 11 is 0. The highest BCUT2D eigenvalue weighted by Crippen LogP contribution is 2.25. The zero-order valence-electron chi connectivity index (χ0n) is 10.9. The van der Waals surface area contributed by atoms with E-state index in [1.807, 2.05) is 32.9 Å². The quantitative estimate of drug-likeness (QED) is 0.792. The van der Waals surface area contributed by atoms with Gasteiger partial charge in [0.05, 0.1) is 13.3 Å². The fraction of sp³-hybridized carbons (Fsp3) is 0.538. The minimum Gasteiger partial charge on any atom is -0.495 e. The van der Waals surface area contributed by atoms with Crippen LogP contribution >= 0.6 is 0 Å². The molecule has 17 heavy (non-hydrogen) atoms. The Morgan fingerprint density at radius 3 is 2.53 bits per heavy atom. The van der Waals surface area contributed by atoms with Crippen molar-refractivity contribution in [3.8, 4) is 5.75 Å². The van der Waals surface area contributed by atoms with Gasteiger partial charge in [0, 0.05) is 12.5 Å². The number of amides is 1. The SMILES string of the molecule is CC.COc1ccc(N2C(=O)CCC2C)nc1. The first-order valence-corrected chi connectivity index (χ1v) is 6.04. The molecule has 1 atom stereocenters. The van der Waals surface area contributed by atoms with Crippen LogP contribution in [-0.2, 0) is 4.79 Å². The van der Waals surface area contributed by atoms with Crippen molar-refractivity contribution in [2.24, 2.45) is 0 Å². The van der Waals surface area contributed by atoms with Crippen molar-refractivity contribution in [3.63, 3.8) is 0 Å². The second-order valence-electron chi connectivity index (χ2n) is 3.71. The molecule has 2 rings (SSSR count).